The van der Waals surface area contributed by atoms with Gasteiger partial charge in [-0.05, 0) is 86.5 Å². The maximum absolute atomic E-state index is 5.24. The number of allylic oxidation sites excluding steroid dienone is 2. The van der Waals surface area contributed by atoms with E-state index < -0.39 is 0 Å². The van der Waals surface area contributed by atoms with Crippen LogP contribution in [0.5, 0.6) is 0 Å². The van der Waals surface area contributed by atoms with E-state index in [9.17, 15) is 0 Å². The Kier molecular flexibility index (Phi) is 9.31. The highest BCUT2D eigenvalue weighted by Gasteiger charge is 2.40. The van der Waals surface area contributed by atoms with Crippen LogP contribution < -0.4 is 4.90 Å². The molecule has 296 valence electrons. The Bertz CT molecular complexity index is 3090. The minimum Gasteiger partial charge on any atom is -0.334 e. The first-order valence-electron chi connectivity index (χ1n) is 21.6. The molecule has 0 saturated heterocycles. The van der Waals surface area contributed by atoms with Crippen LogP contribution in [0.1, 0.15) is 37.0 Å². The summed E-state index contributed by atoms with van der Waals surface area (Å²) in [5, 5.41) is 2.53. The molecule has 2 aliphatic rings. The van der Waals surface area contributed by atoms with Crippen LogP contribution >= 0.6 is 0 Å². The van der Waals surface area contributed by atoms with E-state index in [1.165, 1.54) is 66.7 Å². The van der Waals surface area contributed by atoms with Gasteiger partial charge in [-0.1, -0.05) is 202 Å². The normalized spacial score (nSPS) is 14.9. The molecule has 0 radical (unpaired) electrons. The van der Waals surface area contributed by atoms with Crippen LogP contribution in [0.3, 0.4) is 0 Å². The summed E-state index contributed by atoms with van der Waals surface area (Å²) in [5.41, 5.74) is 17.2. The van der Waals surface area contributed by atoms with Crippen molar-refractivity contribution in [3.8, 4) is 56.2 Å². The third-order valence-electron chi connectivity index (χ3n) is 12.8. The molecule has 0 aliphatic heterocycles. The van der Waals surface area contributed by atoms with Crippen molar-refractivity contribution >= 4 is 27.7 Å². The van der Waals surface area contributed by atoms with Gasteiger partial charge < -0.3 is 4.90 Å². The Morgan fingerprint density at radius 1 is 0.516 bits per heavy atom. The van der Waals surface area contributed by atoms with Gasteiger partial charge in [0, 0.05) is 33.4 Å². The lowest BCUT2D eigenvalue weighted by atomic mass is 9.79. The van der Waals surface area contributed by atoms with Crippen molar-refractivity contribution in [2.24, 2.45) is 0 Å². The molecule has 3 heteroatoms. The molecule has 0 fully saturated rings. The van der Waals surface area contributed by atoms with Crippen LogP contribution in [-0.2, 0) is 5.41 Å². The second-order valence-electron chi connectivity index (χ2n) is 16.9. The van der Waals surface area contributed by atoms with Crippen molar-refractivity contribution < 1.29 is 0 Å². The number of hydrogen-bond acceptors (Lipinski definition) is 3. The number of nitrogens with zero attached hydrogens (tertiary/aromatic N) is 3. The summed E-state index contributed by atoms with van der Waals surface area (Å²) >= 11 is 0. The molecular weight excluding hydrogens is 751 g/mol. The summed E-state index contributed by atoms with van der Waals surface area (Å²) in [6.45, 7) is 4.80. The topological polar surface area (TPSA) is 29.0 Å². The summed E-state index contributed by atoms with van der Waals surface area (Å²) in [4.78, 5) is 12.9. The first kappa shape index (κ1) is 37.4. The van der Waals surface area contributed by atoms with Crippen LogP contribution in [0, 0.1) is 0 Å². The SMILES string of the molecule is CC1(C)c2cc(-c3cc(-c4ccccc4)nc(-c4ccccc4)n3)ccc2-c2c(N(c3ccc(-c4ccccc4)cc3)C3C=CC(c4ccccc4)=CC3)cc3ccccc3c21. The van der Waals surface area contributed by atoms with E-state index in [0.717, 1.165) is 40.3 Å². The van der Waals surface area contributed by atoms with Crippen LogP contribution in [0.15, 0.2) is 218 Å². The Hall–Kier alpha value is -7.62. The molecule has 1 heterocycles. The van der Waals surface area contributed by atoms with E-state index in [4.69, 9.17) is 9.97 Å². The summed E-state index contributed by atoms with van der Waals surface area (Å²) in [5.74, 6) is 0.720. The quantitative estimate of drug-likeness (QED) is 0.153. The zero-order chi connectivity index (χ0) is 41.6. The van der Waals surface area contributed by atoms with Crippen molar-refractivity contribution in [1.82, 2.24) is 9.97 Å². The largest absolute Gasteiger partial charge is 0.334 e. The second-order valence-corrected chi connectivity index (χ2v) is 16.9. The van der Waals surface area contributed by atoms with Crippen molar-refractivity contribution in [2.75, 3.05) is 4.90 Å². The van der Waals surface area contributed by atoms with Crippen molar-refractivity contribution in [3.05, 3.63) is 235 Å². The maximum atomic E-state index is 5.24. The molecule has 1 aromatic heterocycles. The monoisotopic (exact) mass is 795 g/mol. The first-order valence-corrected chi connectivity index (χ1v) is 21.6. The molecular formula is C59H45N3. The van der Waals surface area contributed by atoms with Crippen molar-refractivity contribution in [2.45, 2.75) is 31.7 Å². The van der Waals surface area contributed by atoms with Crippen LogP contribution in [0.25, 0.3) is 72.5 Å². The fourth-order valence-electron chi connectivity index (χ4n) is 9.69. The van der Waals surface area contributed by atoms with E-state index in [1.807, 2.05) is 24.3 Å². The van der Waals surface area contributed by atoms with Gasteiger partial charge in [-0.25, -0.2) is 9.97 Å². The molecule has 0 bridgehead atoms. The van der Waals surface area contributed by atoms with E-state index in [-0.39, 0.29) is 11.5 Å². The molecule has 0 saturated carbocycles. The number of aromatic nitrogens is 2. The third kappa shape index (κ3) is 6.63. The van der Waals surface area contributed by atoms with Crippen LogP contribution in [0.2, 0.25) is 0 Å². The average Bonchev–Trinajstić information content (AvgIpc) is 3.59. The second kappa shape index (κ2) is 15.4. The Labute approximate surface area is 364 Å². The van der Waals surface area contributed by atoms with E-state index in [1.54, 1.807) is 0 Å². The summed E-state index contributed by atoms with van der Waals surface area (Å²) in [6.07, 6.45) is 8.00. The molecule has 8 aromatic carbocycles. The zero-order valence-electron chi connectivity index (χ0n) is 34.9. The highest BCUT2D eigenvalue weighted by molar-refractivity contribution is 6.05. The summed E-state index contributed by atoms with van der Waals surface area (Å²) < 4.78 is 0. The molecule has 1 unspecified atom stereocenters. The standard InChI is InChI=1S/C59H45N3/c1-59(2)52-37-47(54-39-53(44-21-11-5-12-22-44)60-58(61-54)45-23-13-6-14-24-45)31-36-51(52)56-55(38-46-25-15-16-26-50(46)57(56)59)62(48-32-27-42(28-33-48)40-17-7-3-8-18-40)49-34-29-43(30-35-49)41-19-9-4-10-20-41/h3-34,36-39,49H,35H2,1-2H3. The lowest BCUT2D eigenvalue weighted by Crippen LogP contribution is -2.31. The molecule has 11 rings (SSSR count). The van der Waals surface area contributed by atoms with Gasteiger partial charge in [0.15, 0.2) is 5.82 Å². The van der Waals surface area contributed by atoms with Gasteiger partial charge in [-0.15, -0.1) is 0 Å². The summed E-state index contributed by atoms with van der Waals surface area (Å²) in [6, 6.07) is 71.9. The van der Waals surface area contributed by atoms with E-state index in [0.29, 0.717) is 0 Å². The van der Waals surface area contributed by atoms with E-state index >= 15 is 0 Å². The van der Waals surface area contributed by atoms with Gasteiger partial charge in [0.2, 0.25) is 0 Å². The average molecular weight is 796 g/mol. The molecule has 3 nitrogen and oxygen atoms in total. The fourth-order valence-corrected chi connectivity index (χ4v) is 9.69. The molecule has 62 heavy (non-hydrogen) atoms. The zero-order valence-corrected chi connectivity index (χ0v) is 34.9. The minimum atomic E-state index is -0.306. The first-order chi connectivity index (χ1) is 30.5. The van der Waals surface area contributed by atoms with E-state index in [2.05, 4.69) is 213 Å². The lowest BCUT2D eigenvalue weighted by Gasteiger charge is -2.36. The fraction of sp³-hybridized carbons (Fsp3) is 0.0847. The Morgan fingerprint density at radius 3 is 1.74 bits per heavy atom. The molecule has 2 aliphatic carbocycles. The highest BCUT2D eigenvalue weighted by Crippen LogP contribution is 2.57. The Balaban J connectivity index is 1.09. The molecule has 0 spiro atoms. The predicted molar refractivity (Wildman–Crippen MR) is 259 cm³/mol. The third-order valence-corrected chi connectivity index (χ3v) is 12.8. The Morgan fingerprint density at radius 2 is 1.08 bits per heavy atom. The molecule has 0 N–H and O–H groups in total. The van der Waals surface area contributed by atoms with Gasteiger partial charge in [-0.2, -0.15) is 0 Å². The highest BCUT2D eigenvalue weighted by atomic mass is 15.2. The minimum absolute atomic E-state index is 0.0931. The lowest BCUT2D eigenvalue weighted by molar-refractivity contribution is 0.666. The van der Waals surface area contributed by atoms with Crippen LogP contribution in [0.4, 0.5) is 11.4 Å². The molecule has 0 amide bonds. The molecule has 1 atom stereocenters. The van der Waals surface area contributed by atoms with Gasteiger partial charge in [0.05, 0.1) is 23.1 Å². The van der Waals surface area contributed by atoms with Gasteiger partial charge in [-0.3, -0.25) is 0 Å². The predicted octanol–water partition coefficient (Wildman–Crippen LogP) is 15.2. The number of hydrogen-bond donors (Lipinski definition) is 0. The van der Waals surface area contributed by atoms with Crippen LogP contribution in [-0.4, -0.2) is 16.0 Å². The number of anilines is 2. The van der Waals surface area contributed by atoms with Gasteiger partial charge >= 0.3 is 0 Å². The van der Waals surface area contributed by atoms with Crippen molar-refractivity contribution in [3.63, 3.8) is 0 Å². The number of benzene rings is 8. The molecule has 9 aromatic rings. The van der Waals surface area contributed by atoms with Crippen molar-refractivity contribution in [1.29, 1.82) is 0 Å². The smallest absolute Gasteiger partial charge is 0.160 e. The maximum Gasteiger partial charge on any atom is 0.160 e. The number of fused-ring (bicyclic) bond motifs is 5. The van der Waals surface area contributed by atoms with Gasteiger partial charge in [0.1, 0.15) is 0 Å². The van der Waals surface area contributed by atoms with Gasteiger partial charge in [0.25, 0.3) is 0 Å². The number of rotatable bonds is 8. The summed E-state index contributed by atoms with van der Waals surface area (Å²) in [7, 11) is 0.